The standard InChI is InChI=1S/C20H22N2OS/c1-4-5-11-22-17-12-14(2)24-19(17)13-18(22)20(23)21-15(3)16-9-7-6-8-10-16/h4-10,12-13,15H,11H2,1-3H3,(H,21,23)/b5-4+/t15-/m1/s1. The number of thiophene rings is 1. The summed E-state index contributed by atoms with van der Waals surface area (Å²) >= 11 is 1.73. The van der Waals surface area contributed by atoms with Gasteiger partial charge in [-0.25, -0.2) is 0 Å². The van der Waals surface area contributed by atoms with Gasteiger partial charge in [-0.15, -0.1) is 11.3 Å². The van der Waals surface area contributed by atoms with Crippen molar-refractivity contribution in [2.45, 2.75) is 33.4 Å². The molecule has 0 saturated carbocycles. The number of amides is 1. The van der Waals surface area contributed by atoms with Crippen LogP contribution in [0.5, 0.6) is 0 Å². The lowest BCUT2D eigenvalue weighted by Gasteiger charge is -2.15. The highest BCUT2D eigenvalue weighted by Gasteiger charge is 2.18. The van der Waals surface area contributed by atoms with E-state index in [1.54, 1.807) is 11.3 Å². The Morgan fingerprint density at radius 3 is 2.75 bits per heavy atom. The van der Waals surface area contributed by atoms with Crippen molar-refractivity contribution in [3.05, 3.63) is 70.8 Å². The summed E-state index contributed by atoms with van der Waals surface area (Å²) < 4.78 is 3.25. The number of allylic oxidation sites excluding steroid dienone is 2. The Morgan fingerprint density at radius 2 is 2.04 bits per heavy atom. The van der Waals surface area contributed by atoms with Gasteiger partial charge in [0.15, 0.2) is 0 Å². The zero-order chi connectivity index (χ0) is 17.1. The molecule has 1 aromatic carbocycles. The van der Waals surface area contributed by atoms with Gasteiger partial charge >= 0.3 is 0 Å². The molecule has 0 aliphatic rings. The third kappa shape index (κ3) is 3.29. The molecule has 0 spiro atoms. The first-order valence-corrected chi connectivity index (χ1v) is 8.98. The second kappa shape index (κ2) is 7.05. The van der Waals surface area contributed by atoms with Crippen molar-refractivity contribution in [3.63, 3.8) is 0 Å². The number of carbonyl (C=O) groups is 1. The van der Waals surface area contributed by atoms with Crippen LogP contribution in [0.3, 0.4) is 0 Å². The molecular formula is C20H22N2OS. The smallest absolute Gasteiger partial charge is 0.268 e. The first-order chi connectivity index (χ1) is 11.6. The van der Waals surface area contributed by atoms with E-state index in [1.165, 1.54) is 4.88 Å². The van der Waals surface area contributed by atoms with E-state index in [1.807, 2.05) is 56.3 Å². The molecule has 3 aromatic rings. The molecular weight excluding hydrogens is 316 g/mol. The predicted molar refractivity (Wildman–Crippen MR) is 102 cm³/mol. The average molecular weight is 338 g/mol. The summed E-state index contributed by atoms with van der Waals surface area (Å²) in [5.74, 6) is -0.0306. The van der Waals surface area contributed by atoms with E-state index in [0.29, 0.717) is 6.54 Å². The second-order valence-corrected chi connectivity index (χ2v) is 7.21. The maximum absolute atomic E-state index is 12.8. The Hall–Kier alpha value is -2.33. The Bertz CT molecular complexity index is 874. The number of nitrogens with one attached hydrogen (secondary N) is 1. The number of nitrogens with zero attached hydrogens (tertiary/aromatic N) is 1. The van der Waals surface area contributed by atoms with Crippen LogP contribution >= 0.6 is 11.3 Å². The van der Waals surface area contributed by atoms with Gasteiger partial charge in [0.2, 0.25) is 0 Å². The lowest BCUT2D eigenvalue weighted by atomic mass is 10.1. The number of aryl methyl sites for hydroxylation is 1. The minimum atomic E-state index is -0.0306. The zero-order valence-corrected chi connectivity index (χ0v) is 15.1. The minimum Gasteiger partial charge on any atom is -0.344 e. The van der Waals surface area contributed by atoms with Crippen molar-refractivity contribution in [1.29, 1.82) is 0 Å². The van der Waals surface area contributed by atoms with Crippen LogP contribution in [0.15, 0.2) is 54.6 Å². The summed E-state index contributed by atoms with van der Waals surface area (Å²) in [6.07, 6.45) is 4.09. The average Bonchev–Trinajstić information content (AvgIpc) is 3.10. The van der Waals surface area contributed by atoms with Gasteiger partial charge in [0.05, 0.1) is 16.3 Å². The molecule has 0 saturated heterocycles. The van der Waals surface area contributed by atoms with Crippen LogP contribution in [0.25, 0.3) is 10.2 Å². The van der Waals surface area contributed by atoms with Crippen LogP contribution < -0.4 is 5.32 Å². The third-order valence-corrected chi connectivity index (χ3v) is 5.10. The van der Waals surface area contributed by atoms with Crippen molar-refractivity contribution < 1.29 is 4.79 Å². The van der Waals surface area contributed by atoms with E-state index in [2.05, 4.69) is 29.0 Å². The van der Waals surface area contributed by atoms with E-state index in [-0.39, 0.29) is 11.9 Å². The molecule has 2 heterocycles. The highest BCUT2D eigenvalue weighted by atomic mass is 32.1. The van der Waals surface area contributed by atoms with E-state index < -0.39 is 0 Å². The number of hydrogen-bond acceptors (Lipinski definition) is 2. The molecule has 0 fully saturated rings. The number of benzene rings is 1. The molecule has 124 valence electrons. The fourth-order valence-corrected chi connectivity index (χ4v) is 3.82. The highest BCUT2D eigenvalue weighted by molar-refractivity contribution is 7.19. The molecule has 0 unspecified atom stereocenters. The quantitative estimate of drug-likeness (QED) is 0.647. The van der Waals surface area contributed by atoms with Crippen molar-refractivity contribution in [2.24, 2.45) is 0 Å². The van der Waals surface area contributed by atoms with Crippen LogP contribution in [-0.4, -0.2) is 10.5 Å². The monoisotopic (exact) mass is 338 g/mol. The van der Waals surface area contributed by atoms with E-state index in [9.17, 15) is 4.79 Å². The summed E-state index contributed by atoms with van der Waals surface area (Å²) in [6, 6.07) is 14.2. The molecule has 1 amide bonds. The summed E-state index contributed by atoms with van der Waals surface area (Å²) in [4.78, 5) is 14.1. The molecule has 0 radical (unpaired) electrons. The van der Waals surface area contributed by atoms with Crippen molar-refractivity contribution in [3.8, 4) is 0 Å². The highest BCUT2D eigenvalue weighted by Crippen LogP contribution is 2.29. The minimum absolute atomic E-state index is 0.0245. The van der Waals surface area contributed by atoms with Crippen LogP contribution in [0, 0.1) is 6.92 Å². The van der Waals surface area contributed by atoms with Crippen LogP contribution in [0.2, 0.25) is 0 Å². The van der Waals surface area contributed by atoms with Crippen molar-refractivity contribution in [2.75, 3.05) is 0 Å². The fourth-order valence-electron chi connectivity index (χ4n) is 2.86. The molecule has 1 atom stereocenters. The SMILES string of the molecule is C/C=C/Cn1c(C(=O)N[C@H](C)c2ccccc2)cc2sc(C)cc21. The number of rotatable bonds is 5. The van der Waals surface area contributed by atoms with Gasteiger partial charge in [0, 0.05) is 11.4 Å². The first-order valence-electron chi connectivity index (χ1n) is 8.16. The molecule has 4 heteroatoms. The summed E-state index contributed by atoms with van der Waals surface area (Å²) in [5, 5.41) is 3.12. The molecule has 3 rings (SSSR count). The Balaban J connectivity index is 1.90. The normalized spacial score (nSPS) is 12.8. The number of aromatic nitrogens is 1. The Kier molecular flexibility index (Phi) is 4.86. The molecule has 3 nitrogen and oxygen atoms in total. The van der Waals surface area contributed by atoms with Gasteiger partial charge in [-0.3, -0.25) is 4.79 Å². The first kappa shape index (κ1) is 16.5. The van der Waals surface area contributed by atoms with Crippen LogP contribution in [0.1, 0.15) is 40.8 Å². The molecule has 24 heavy (non-hydrogen) atoms. The zero-order valence-electron chi connectivity index (χ0n) is 14.2. The van der Waals surface area contributed by atoms with Crippen LogP contribution in [-0.2, 0) is 6.54 Å². The van der Waals surface area contributed by atoms with Crippen molar-refractivity contribution >= 4 is 27.5 Å². The van der Waals surface area contributed by atoms with Gasteiger partial charge in [-0.1, -0.05) is 42.5 Å². The number of fused-ring (bicyclic) bond motifs is 1. The number of hydrogen-bond donors (Lipinski definition) is 1. The van der Waals surface area contributed by atoms with Gasteiger partial charge in [0.25, 0.3) is 5.91 Å². The summed E-state index contributed by atoms with van der Waals surface area (Å²) in [6.45, 7) is 6.82. The van der Waals surface area contributed by atoms with Crippen LogP contribution in [0.4, 0.5) is 0 Å². The summed E-state index contributed by atoms with van der Waals surface area (Å²) in [7, 11) is 0. The van der Waals surface area contributed by atoms with Gasteiger partial charge in [-0.05, 0) is 38.5 Å². The predicted octanol–water partition coefficient (Wildman–Crippen LogP) is 5.08. The fraction of sp³-hybridized carbons (Fsp3) is 0.250. The lowest BCUT2D eigenvalue weighted by Crippen LogP contribution is -2.28. The largest absolute Gasteiger partial charge is 0.344 e. The van der Waals surface area contributed by atoms with Gasteiger partial charge in [0.1, 0.15) is 5.69 Å². The molecule has 2 aromatic heterocycles. The van der Waals surface area contributed by atoms with E-state index in [4.69, 9.17) is 0 Å². The topological polar surface area (TPSA) is 34.0 Å². The number of carbonyl (C=O) groups excluding carboxylic acids is 1. The van der Waals surface area contributed by atoms with E-state index in [0.717, 1.165) is 21.5 Å². The molecule has 0 bridgehead atoms. The van der Waals surface area contributed by atoms with Gasteiger partial charge in [-0.2, -0.15) is 0 Å². The van der Waals surface area contributed by atoms with E-state index >= 15 is 0 Å². The molecule has 1 N–H and O–H groups in total. The van der Waals surface area contributed by atoms with Gasteiger partial charge < -0.3 is 9.88 Å². The summed E-state index contributed by atoms with van der Waals surface area (Å²) in [5.41, 5.74) is 2.96. The molecule has 0 aliphatic heterocycles. The maximum Gasteiger partial charge on any atom is 0.268 e. The maximum atomic E-state index is 12.8. The Morgan fingerprint density at radius 1 is 1.29 bits per heavy atom. The lowest BCUT2D eigenvalue weighted by molar-refractivity contribution is 0.0931. The van der Waals surface area contributed by atoms with Crippen molar-refractivity contribution in [1.82, 2.24) is 9.88 Å². The Labute approximate surface area is 146 Å². The second-order valence-electron chi connectivity index (χ2n) is 5.92. The molecule has 0 aliphatic carbocycles. The third-order valence-electron chi connectivity index (χ3n) is 4.12.